The Bertz CT molecular complexity index is 387. The summed E-state index contributed by atoms with van der Waals surface area (Å²) in [5, 5.41) is 0. The highest BCUT2D eigenvalue weighted by molar-refractivity contribution is 5.93. The highest BCUT2D eigenvalue weighted by Crippen LogP contribution is 2.45. The van der Waals surface area contributed by atoms with Crippen molar-refractivity contribution in [2.45, 2.75) is 20.3 Å². The molecule has 2 aliphatic rings. The lowest BCUT2D eigenvalue weighted by Gasteiger charge is -2.20. The van der Waals surface area contributed by atoms with Crippen LogP contribution in [-0.2, 0) is 9.53 Å². The SMILES string of the molecule is COC1=CC=C2[C@@H](C)CC(=O)[C@]2(C)C=C1. The molecule has 2 aliphatic carbocycles. The van der Waals surface area contributed by atoms with Gasteiger partial charge in [-0.05, 0) is 30.6 Å². The van der Waals surface area contributed by atoms with E-state index in [9.17, 15) is 4.79 Å². The number of carbonyl (C=O) groups is 1. The van der Waals surface area contributed by atoms with Crippen LogP contribution in [0.5, 0.6) is 0 Å². The molecule has 0 bridgehead atoms. The molecule has 2 nitrogen and oxygen atoms in total. The van der Waals surface area contributed by atoms with E-state index in [0.29, 0.717) is 18.1 Å². The molecule has 0 aromatic heterocycles. The maximum Gasteiger partial charge on any atom is 0.147 e. The third-order valence-electron chi connectivity index (χ3n) is 3.45. The second-order valence-corrected chi connectivity index (χ2v) is 4.46. The van der Waals surface area contributed by atoms with Gasteiger partial charge >= 0.3 is 0 Å². The fraction of sp³-hybridized carbons (Fsp3) is 0.462. The third-order valence-corrected chi connectivity index (χ3v) is 3.45. The smallest absolute Gasteiger partial charge is 0.147 e. The van der Waals surface area contributed by atoms with Crippen LogP contribution in [0.15, 0.2) is 35.6 Å². The summed E-state index contributed by atoms with van der Waals surface area (Å²) >= 11 is 0. The van der Waals surface area contributed by atoms with Crippen molar-refractivity contribution >= 4 is 5.78 Å². The molecule has 15 heavy (non-hydrogen) atoms. The molecule has 2 atom stereocenters. The monoisotopic (exact) mass is 204 g/mol. The number of methoxy groups -OCH3 is 1. The lowest BCUT2D eigenvalue weighted by Crippen LogP contribution is -2.20. The van der Waals surface area contributed by atoms with Gasteiger partial charge in [-0.2, -0.15) is 0 Å². The van der Waals surface area contributed by atoms with Crippen molar-refractivity contribution < 1.29 is 9.53 Å². The Morgan fingerprint density at radius 3 is 2.87 bits per heavy atom. The van der Waals surface area contributed by atoms with Crippen LogP contribution in [0.2, 0.25) is 0 Å². The Labute approximate surface area is 90.3 Å². The molecule has 0 unspecified atom stereocenters. The molecule has 0 N–H and O–H groups in total. The number of hydrogen-bond donors (Lipinski definition) is 0. The molecular weight excluding hydrogens is 188 g/mol. The Kier molecular flexibility index (Phi) is 2.29. The first-order valence-corrected chi connectivity index (χ1v) is 5.27. The Morgan fingerprint density at radius 1 is 1.47 bits per heavy atom. The van der Waals surface area contributed by atoms with Crippen molar-refractivity contribution in [3.8, 4) is 0 Å². The Morgan fingerprint density at radius 2 is 2.20 bits per heavy atom. The number of ketones is 1. The van der Waals surface area contributed by atoms with E-state index in [1.165, 1.54) is 5.57 Å². The molecule has 0 heterocycles. The Hall–Kier alpha value is -1.31. The average molecular weight is 204 g/mol. The maximum absolute atomic E-state index is 11.9. The molecule has 0 radical (unpaired) electrons. The van der Waals surface area contributed by atoms with E-state index in [1.807, 2.05) is 31.2 Å². The fourth-order valence-corrected chi connectivity index (χ4v) is 2.41. The largest absolute Gasteiger partial charge is 0.497 e. The van der Waals surface area contributed by atoms with Crippen LogP contribution in [0.25, 0.3) is 0 Å². The lowest BCUT2D eigenvalue weighted by molar-refractivity contribution is -0.122. The van der Waals surface area contributed by atoms with E-state index < -0.39 is 5.41 Å². The van der Waals surface area contributed by atoms with Gasteiger partial charge in [0.2, 0.25) is 0 Å². The second-order valence-electron chi connectivity index (χ2n) is 4.46. The lowest BCUT2D eigenvalue weighted by atomic mass is 9.82. The highest BCUT2D eigenvalue weighted by Gasteiger charge is 2.43. The van der Waals surface area contributed by atoms with Gasteiger partial charge in [0.05, 0.1) is 12.5 Å². The molecule has 2 rings (SSSR count). The topological polar surface area (TPSA) is 26.3 Å². The summed E-state index contributed by atoms with van der Waals surface area (Å²) < 4.78 is 5.17. The fourth-order valence-electron chi connectivity index (χ4n) is 2.41. The maximum atomic E-state index is 11.9. The molecule has 0 aromatic carbocycles. The molecule has 80 valence electrons. The molecule has 0 spiro atoms. The zero-order valence-electron chi connectivity index (χ0n) is 9.41. The number of allylic oxidation sites excluding steroid dienone is 5. The van der Waals surface area contributed by atoms with Gasteiger partial charge in [0.1, 0.15) is 11.5 Å². The summed E-state index contributed by atoms with van der Waals surface area (Å²) in [5.41, 5.74) is 0.798. The summed E-state index contributed by atoms with van der Waals surface area (Å²) in [6.45, 7) is 4.10. The van der Waals surface area contributed by atoms with Crippen LogP contribution in [0.1, 0.15) is 20.3 Å². The zero-order valence-corrected chi connectivity index (χ0v) is 9.41. The van der Waals surface area contributed by atoms with E-state index in [-0.39, 0.29) is 0 Å². The van der Waals surface area contributed by atoms with Crippen LogP contribution < -0.4 is 0 Å². The molecule has 1 saturated carbocycles. The van der Waals surface area contributed by atoms with Crippen molar-refractivity contribution in [3.05, 3.63) is 35.6 Å². The van der Waals surface area contributed by atoms with Crippen LogP contribution >= 0.6 is 0 Å². The second kappa shape index (κ2) is 3.37. The number of fused-ring (bicyclic) bond motifs is 1. The van der Waals surface area contributed by atoms with Crippen LogP contribution in [0.4, 0.5) is 0 Å². The van der Waals surface area contributed by atoms with Crippen molar-refractivity contribution in [2.75, 3.05) is 7.11 Å². The standard InChI is InChI=1S/C13H16O2/c1-9-8-12(14)13(2)7-6-10(15-3)4-5-11(9)13/h4-7,9H,8H2,1-3H3/t9-,13+/m0/s1. The molecular formula is C13H16O2. The van der Waals surface area contributed by atoms with Gasteiger partial charge < -0.3 is 4.74 Å². The predicted octanol–water partition coefficient (Wildman–Crippen LogP) is 2.63. The zero-order chi connectivity index (χ0) is 11.1. The molecule has 0 aliphatic heterocycles. The van der Waals surface area contributed by atoms with Crippen molar-refractivity contribution in [3.63, 3.8) is 0 Å². The quantitative estimate of drug-likeness (QED) is 0.656. The summed E-state index contributed by atoms with van der Waals surface area (Å²) in [7, 11) is 1.64. The van der Waals surface area contributed by atoms with Gasteiger partial charge in [-0.3, -0.25) is 4.79 Å². The Balaban J connectivity index is 2.48. The average Bonchev–Trinajstić information content (AvgIpc) is 2.38. The predicted molar refractivity (Wildman–Crippen MR) is 59.2 cm³/mol. The first-order valence-electron chi connectivity index (χ1n) is 5.27. The van der Waals surface area contributed by atoms with Gasteiger partial charge in [-0.25, -0.2) is 0 Å². The van der Waals surface area contributed by atoms with E-state index in [1.54, 1.807) is 7.11 Å². The molecule has 0 aromatic rings. The molecule has 2 heteroatoms. The first-order chi connectivity index (χ1) is 7.08. The third kappa shape index (κ3) is 1.44. The highest BCUT2D eigenvalue weighted by atomic mass is 16.5. The molecule has 1 fully saturated rings. The van der Waals surface area contributed by atoms with E-state index in [0.717, 1.165) is 5.76 Å². The number of carbonyl (C=O) groups excluding carboxylic acids is 1. The first kappa shape index (κ1) is 10.2. The van der Waals surface area contributed by atoms with Crippen LogP contribution in [0.3, 0.4) is 0 Å². The van der Waals surface area contributed by atoms with E-state index in [4.69, 9.17) is 4.74 Å². The minimum absolute atomic E-state index is 0.309. The van der Waals surface area contributed by atoms with Gasteiger partial charge in [-0.15, -0.1) is 0 Å². The van der Waals surface area contributed by atoms with Gasteiger partial charge in [0.25, 0.3) is 0 Å². The minimum Gasteiger partial charge on any atom is -0.497 e. The van der Waals surface area contributed by atoms with Crippen LogP contribution in [-0.4, -0.2) is 12.9 Å². The normalized spacial score (nSPS) is 34.3. The van der Waals surface area contributed by atoms with Gasteiger partial charge in [0, 0.05) is 6.42 Å². The molecule has 0 saturated heterocycles. The van der Waals surface area contributed by atoms with Crippen LogP contribution in [0, 0.1) is 11.3 Å². The summed E-state index contributed by atoms with van der Waals surface area (Å²) in [4.78, 5) is 11.9. The number of rotatable bonds is 1. The van der Waals surface area contributed by atoms with Crippen molar-refractivity contribution in [1.82, 2.24) is 0 Å². The summed E-state index contributed by atoms with van der Waals surface area (Å²) in [6.07, 6.45) is 8.48. The number of Topliss-reactive ketones (excluding diaryl/α,β-unsaturated/α-hetero) is 1. The van der Waals surface area contributed by atoms with Gasteiger partial charge in [0.15, 0.2) is 0 Å². The summed E-state index contributed by atoms with van der Waals surface area (Å²) in [5.74, 6) is 1.46. The summed E-state index contributed by atoms with van der Waals surface area (Å²) in [6, 6.07) is 0. The minimum atomic E-state index is -0.407. The number of hydrogen-bond acceptors (Lipinski definition) is 2. The van der Waals surface area contributed by atoms with Crippen molar-refractivity contribution in [2.24, 2.45) is 11.3 Å². The van der Waals surface area contributed by atoms with Crippen molar-refractivity contribution in [1.29, 1.82) is 0 Å². The van der Waals surface area contributed by atoms with E-state index in [2.05, 4.69) is 6.92 Å². The van der Waals surface area contributed by atoms with E-state index >= 15 is 0 Å². The number of ether oxygens (including phenoxy) is 1. The molecule has 0 amide bonds. The van der Waals surface area contributed by atoms with Gasteiger partial charge in [-0.1, -0.05) is 19.1 Å².